The standard InChI is InChI=1S/C26H20FNO3S/c1-26(2)20-8-4-5-9-21(20)28-14-13-17(15-24(26)28)11-12-18(27)16-23-25(29)19-7-3-6-10-22(19)32(23,30)31/h3-16H,1-2H3/b17-11-,18-12-,23-16-. The largest absolute Gasteiger partial charge is 0.320 e. The Hall–Kier alpha value is -3.51. The monoisotopic (exact) mass is 445 g/mol. The fraction of sp³-hybridized carbons (Fsp3) is 0.115. The van der Waals surface area contributed by atoms with Crippen molar-refractivity contribution in [2.45, 2.75) is 24.2 Å². The topological polar surface area (TPSA) is 54.5 Å². The molecule has 32 heavy (non-hydrogen) atoms. The minimum atomic E-state index is -4.01. The number of sulfone groups is 1. The molecule has 0 saturated heterocycles. The number of halogens is 1. The van der Waals surface area contributed by atoms with E-state index in [9.17, 15) is 17.6 Å². The van der Waals surface area contributed by atoms with E-state index in [1.165, 1.54) is 29.8 Å². The molecule has 3 aliphatic heterocycles. The Morgan fingerprint density at radius 1 is 1.06 bits per heavy atom. The number of ketones is 1. The summed E-state index contributed by atoms with van der Waals surface area (Å²) < 4.78 is 39.9. The van der Waals surface area contributed by atoms with E-state index in [0.717, 1.165) is 23.0 Å². The number of Topliss-reactive ketones (excluding diaryl/α,β-unsaturated/α-hetero) is 1. The molecule has 0 atom stereocenters. The summed E-state index contributed by atoms with van der Waals surface area (Å²) in [6.07, 6.45) is 9.36. The molecule has 4 nitrogen and oxygen atoms in total. The normalized spacial score (nSPS) is 22.7. The third-order valence-corrected chi connectivity index (χ3v) is 7.91. The molecular formula is C26H20FNO3S. The van der Waals surface area contributed by atoms with Crippen molar-refractivity contribution < 1.29 is 17.6 Å². The Bertz CT molecular complexity index is 1440. The maximum absolute atomic E-state index is 14.7. The highest BCUT2D eigenvalue weighted by atomic mass is 32.2. The van der Waals surface area contributed by atoms with Crippen molar-refractivity contribution in [3.63, 3.8) is 0 Å². The fourth-order valence-electron chi connectivity index (χ4n) is 4.42. The Kier molecular flexibility index (Phi) is 4.46. The Labute approximate surface area is 186 Å². The average Bonchev–Trinajstić information content (AvgIpc) is 3.13. The third kappa shape index (κ3) is 2.94. The summed E-state index contributed by atoms with van der Waals surface area (Å²) in [7, 11) is -4.01. The molecule has 0 aromatic heterocycles. The lowest BCUT2D eigenvalue weighted by molar-refractivity contribution is 0.104. The van der Waals surface area contributed by atoms with Crippen LogP contribution in [0.15, 0.2) is 112 Å². The molecule has 5 rings (SSSR count). The first-order valence-electron chi connectivity index (χ1n) is 10.2. The number of benzene rings is 2. The van der Waals surface area contributed by atoms with Crippen LogP contribution in [0.5, 0.6) is 0 Å². The molecule has 3 aliphatic rings. The maximum Gasteiger partial charge on any atom is 0.211 e. The van der Waals surface area contributed by atoms with Gasteiger partial charge in [0.2, 0.25) is 15.6 Å². The molecule has 0 bridgehead atoms. The van der Waals surface area contributed by atoms with Gasteiger partial charge in [-0.2, -0.15) is 0 Å². The summed E-state index contributed by atoms with van der Waals surface area (Å²) in [5, 5.41) is 0. The van der Waals surface area contributed by atoms with Gasteiger partial charge in [-0.05, 0) is 53.6 Å². The SMILES string of the molecule is CC1(C)C2=C\C(=C/C=C(F)/C=C3/C(=O)c4ccccc4S3(=O)=O)C=CN2c2ccccc21. The predicted molar refractivity (Wildman–Crippen MR) is 122 cm³/mol. The molecule has 0 N–H and O–H groups in total. The highest BCUT2D eigenvalue weighted by Gasteiger charge is 2.40. The van der Waals surface area contributed by atoms with Crippen LogP contribution in [0.1, 0.15) is 29.8 Å². The summed E-state index contributed by atoms with van der Waals surface area (Å²) >= 11 is 0. The number of hydrogen-bond acceptors (Lipinski definition) is 4. The summed E-state index contributed by atoms with van der Waals surface area (Å²) in [5.74, 6) is -1.49. The molecule has 0 aliphatic carbocycles. The zero-order chi connectivity index (χ0) is 22.7. The van der Waals surface area contributed by atoms with Gasteiger partial charge < -0.3 is 4.90 Å². The number of nitrogens with zero attached hydrogens (tertiary/aromatic N) is 1. The zero-order valence-corrected chi connectivity index (χ0v) is 18.4. The molecule has 2 aromatic rings. The molecule has 160 valence electrons. The van der Waals surface area contributed by atoms with Gasteiger partial charge in [-0.25, -0.2) is 12.8 Å². The molecule has 2 aromatic carbocycles. The van der Waals surface area contributed by atoms with Gasteiger partial charge in [-0.3, -0.25) is 4.79 Å². The molecule has 0 saturated carbocycles. The van der Waals surface area contributed by atoms with Gasteiger partial charge in [0, 0.05) is 28.6 Å². The zero-order valence-electron chi connectivity index (χ0n) is 17.5. The van der Waals surface area contributed by atoms with Crippen LogP contribution in [-0.2, 0) is 15.3 Å². The van der Waals surface area contributed by atoms with E-state index < -0.39 is 26.4 Å². The second-order valence-corrected chi connectivity index (χ2v) is 10.3. The van der Waals surface area contributed by atoms with Crippen molar-refractivity contribution >= 4 is 21.3 Å². The number of carbonyl (C=O) groups excluding carboxylic acids is 1. The summed E-state index contributed by atoms with van der Waals surface area (Å²) in [5.41, 5.74) is 4.05. The number of rotatable bonds is 2. The number of hydrogen-bond donors (Lipinski definition) is 0. The van der Waals surface area contributed by atoms with Crippen molar-refractivity contribution in [3.8, 4) is 0 Å². The van der Waals surface area contributed by atoms with Crippen molar-refractivity contribution in [2.75, 3.05) is 4.90 Å². The molecule has 0 spiro atoms. The van der Waals surface area contributed by atoms with Crippen LogP contribution in [-0.4, -0.2) is 14.2 Å². The molecule has 0 radical (unpaired) electrons. The minimum Gasteiger partial charge on any atom is -0.320 e. The molecule has 3 heterocycles. The van der Waals surface area contributed by atoms with Gasteiger partial charge in [-0.1, -0.05) is 50.3 Å². The van der Waals surface area contributed by atoms with Crippen molar-refractivity contribution in [3.05, 3.63) is 118 Å². The second-order valence-electron chi connectivity index (χ2n) is 8.41. The number of fused-ring (bicyclic) bond motifs is 4. The number of para-hydroxylation sites is 1. The van der Waals surface area contributed by atoms with E-state index in [4.69, 9.17) is 0 Å². The van der Waals surface area contributed by atoms with Gasteiger partial charge in [0.25, 0.3) is 0 Å². The smallest absolute Gasteiger partial charge is 0.211 e. The number of anilines is 1. The highest BCUT2D eigenvalue weighted by molar-refractivity contribution is 7.97. The molecule has 0 amide bonds. The van der Waals surface area contributed by atoms with Crippen LogP contribution >= 0.6 is 0 Å². The Morgan fingerprint density at radius 2 is 1.78 bits per heavy atom. The van der Waals surface area contributed by atoms with Crippen LogP contribution in [0.2, 0.25) is 0 Å². The summed E-state index contributed by atoms with van der Waals surface area (Å²) in [6.45, 7) is 4.28. The van der Waals surface area contributed by atoms with Gasteiger partial charge in [-0.15, -0.1) is 0 Å². The molecule has 6 heteroatoms. The van der Waals surface area contributed by atoms with Crippen molar-refractivity contribution in [2.24, 2.45) is 0 Å². The maximum atomic E-state index is 14.7. The summed E-state index contributed by atoms with van der Waals surface area (Å²) in [6, 6.07) is 14.1. The van der Waals surface area contributed by atoms with Crippen molar-refractivity contribution in [1.82, 2.24) is 0 Å². The lowest BCUT2D eigenvalue weighted by Gasteiger charge is -2.27. The number of allylic oxidation sites excluding steroid dienone is 9. The van der Waals surface area contributed by atoms with Gasteiger partial charge in [0.05, 0.1) is 4.90 Å². The van der Waals surface area contributed by atoms with Gasteiger partial charge in [0.15, 0.2) is 0 Å². The van der Waals surface area contributed by atoms with E-state index in [-0.39, 0.29) is 15.9 Å². The van der Waals surface area contributed by atoms with E-state index in [2.05, 4.69) is 30.9 Å². The van der Waals surface area contributed by atoms with Crippen LogP contribution in [0.3, 0.4) is 0 Å². The van der Waals surface area contributed by atoms with E-state index in [1.54, 1.807) is 12.1 Å². The molecule has 0 fully saturated rings. The first kappa shape index (κ1) is 20.4. The summed E-state index contributed by atoms with van der Waals surface area (Å²) in [4.78, 5) is 14.0. The number of carbonyl (C=O) groups is 1. The van der Waals surface area contributed by atoms with Crippen molar-refractivity contribution in [1.29, 1.82) is 0 Å². The quantitative estimate of drug-likeness (QED) is 0.571. The molecular weight excluding hydrogens is 425 g/mol. The Morgan fingerprint density at radius 3 is 2.56 bits per heavy atom. The van der Waals surface area contributed by atoms with Gasteiger partial charge >= 0.3 is 0 Å². The van der Waals surface area contributed by atoms with Gasteiger partial charge in [0.1, 0.15) is 10.7 Å². The van der Waals surface area contributed by atoms with Crippen LogP contribution in [0, 0.1) is 0 Å². The lowest BCUT2D eigenvalue weighted by Crippen LogP contribution is -2.24. The highest BCUT2D eigenvalue weighted by Crippen LogP contribution is 2.49. The van der Waals surface area contributed by atoms with E-state index in [0.29, 0.717) is 0 Å². The first-order chi connectivity index (χ1) is 15.2. The third-order valence-electron chi connectivity index (χ3n) is 6.09. The predicted octanol–water partition coefficient (Wildman–Crippen LogP) is 5.53. The average molecular weight is 446 g/mol. The Balaban J connectivity index is 1.47. The van der Waals surface area contributed by atoms with E-state index >= 15 is 0 Å². The lowest BCUT2D eigenvalue weighted by atomic mass is 9.83. The van der Waals surface area contributed by atoms with Crippen LogP contribution in [0.4, 0.5) is 10.1 Å². The molecule has 0 unspecified atom stereocenters. The minimum absolute atomic E-state index is 0.0768. The van der Waals surface area contributed by atoms with E-state index in [1.807, 2.05) is 30.5 Å². The van der Waals surface area contributed by atoms with Crippen LogP contribution in [0.25, 0.3) is 0 Å². The van der Waals surface area contributed by atoms with Crippen LogP contribution < -0.4 is 4.90 Å². The fourth-order valence-corrected chi connectivity index (χ4v) is 5.98. The second kappa shape index (κ2) is 7.00. The first-order valence-corrected chi connectivity index (χ1v) is 11.7.